The fraction of sp³-hybridized carbons (Fsp3) is 0.471. The van der Waals surface area contributed by atoms with Gasteiger partial charge in [0.25, 0.3) is 5.91 Å². The normalized spacial score (nSPS) is 17.2. The number of nitrogens with zero attached hydrogens (tertiary/aromatic N) is 1. The Hall–Kier alpha value is -2.37. The van der Waals surface area contributed by atoms with Gasteiger partial charge in [-0.2, -0.15) is 0 Å². The third kappa shape index (κ3) is 4.31. The Balaban J connectivity index is 1.48. The minimum absolute atomic E-state index is 0.176. The van der Waals surface area contributed by atoms with E-state index in [0.717, 1.165) is 31.4 Å². The Kier molecular flexibility index (Phi) is 4.60. The first-order valence-corrected chi connectivity index (χ1v) is 7.95. The second-order valence-corrected chi connectivity index (χ2v) is 6.03. The molecule has 0 unspecified atom stereocenters. The summed E-state index contributed by atoms with van der Waals surface area (Å²) in [5.74, 6) is -0.597. The van der Waals surface area contributed by atoms with Crippen molar-refractivity contribution >= 4 is 17.8 Å². The lowest BCUT2D eigenvalue weighted by Gasteiger charge is -2.15. The predicted molar refractivity (Wildman–Crippen MR) is 82.5 cm³/mol. The Labute approximate surface area is 134 Å². The highest BCUT2D eigenvalue weighted by molar-refractivity contribution is 5.91. The van der Waals surface area contributed by atoms with Crippen LogP contribution in [-0.2, 0) is 20.9 Å². The SMILES string of the molecule is O=C(COC(=O)c1ccc(CN2CCCC2=O)cc1)NC1CC1. The molecule has 6 nitrogen and oxygen atoms in total. The summed E-state index contributed by atoms with van der Waals surface area (Å²) in [4.78, 5) is 36.8. The molecule has 1 aliphatic carbocycles. The van der Waals surface area contributed by atoms with E-state index in [0.29, 0.717) is 18.5 Å². The average molecular weight is 316 g/mol. The monoisotopic (exact) mass is 316 g/mol. The van der Waals surface area contributed by atoms with Crippen LogP contribution >= 0.6 is 0 Å². The minimum atomic E-state index is -0.514. The third-order valence-electron chi connectivity index (χ3n) is 4.01. The fourth-order valence-corrected chi connectivity index (χ4v) is 2.55. The van der Waals surface area contributed by atoms with Crippen LogP contribution in [0.3, 0.4) is 0 Å². The maximum atomic E-state index is 11.9. The largest absolute Gasteiger partial charge is 0.452 e. The van der Waals surface area contributed by atoms with Gasteiger partial charge in [0.1, 0.15) is 0 Å². The molecular formula is C17H20N2O4. The van der Waals surface area contributed by atoms with E-state index in [1.165, 1.54) is 0 Å². The zero-order valence-electron chi connectivity index (χ0n) is 12.9. The van der Waals surface area contributed by atoms with Gasteiger partial charge in [-0.1, -0.05) is 12.1 Å². The highest BCUT2D eigenvalue weighted by Gasteiger charge is 2.24. The van der Waals surface area contributed by atoms with Crippen LogP contribution in [0.2, 0.25) is 0 Å². The Morgan fingerprint density at radius 3 is 2.57 bits per heavy atom. The molecule has 1 aromatic carbocycles. The van der Waals surface area contributed by atoms with Gasteiger partial charge in [0.05, 0.1) is 5.56 Å². The molecule has 23 heavy (non-hydrogen) atoms. The number of hydrogen-bond donors (Lipinski definition) is 1. The van der Waals surface area contributed by atoms with E-state index in [4.69, 9.17) is 4.74 Å². The average Bonchev–Trinajstić information content (AvgIpc) is 3.27. The summed E-state index contributed by atoms with van der Waals surface area (Å²) < 4.78 is 4.99. The molecule has 2 amide bonds. The van der Waals surface area contributed by atoms with E-state index in [9.17, 15) is 14.4 Å². The number of amides is 2. The van der Waals surface area contributed by atoms with Crippen LogP contribution in [0.4, 0.5) is 0 Å². The Morgan fingerprint density at radius 2 is 1.96 bits per heavy atom. The van der Waals surface area contributed by atoms with Gasteiger partial charge in [-0.3, -0.25) is 9.59 Å². The lowest BCUT2D eigenvalue weighted by Crippen LogP contribution is -2.30. The van der Waals surface area contributed by atoms with Crippen molar-refractivity contribution in [3.8, 4) is 0 Å². The summed E-state index contributed by atoms with van der Waals surface area (Å²) in [6.07, 6.45) is 3.53. The highest BCUT2D eigenvalue weighted by Crippen LogP contribution is 2.18. The summed E-state index contributed by atoms with van der Waals surface area (Å²) >= 11 is 0. The quantitative estimate of drug-likeness (QED) is 0.801. The third-order valence-corrected chi connectivity index (χ3v) is 4.01. The molecule has 0 aromatic heterocycles. The van der Waals surface area contributed by atoms with Crippen molar-refractivity contribution in [3.05, 3.63) is 35.4 Å². The Morgan fingerprint density at radius 1 is 1.22 bits per heavy atom. The summed E-state index contributed by atoms with van der Waals surface area (Å²) in [7, 11) is 0. The summed E-state index contributed by atoms with van der Waals surface area (Å²) in [5.41, 5.74) is 1.38. The van der Waals surface area contributed by atoms with Crippen molar-refractivity contribution < 1.29 is 19.1 Å². The number of likely N-dealkylation sites (tertiary alicyclic amines) is 1. The van der Waals surface area contributed by atoms with E-state index < -0.39 is 5.97 Å². The zero-order valence-corrected chi connectivity index (χ0v) is 12.9. The molecule has 1 aromatic rings. The number of carbonyl (C=O) groups is 3. The molecule has 1 saturated heterocycles. The first-order valence-electron chi connectivity index (χ1n) is 7.95. The number of esters is 1. The van der Waals surface area contributed by atoms with Crippen molar-refractivity contribution in [2.24, 2.45) is 0 Å². The van der Waals surface area contributed by atoms with Crippen molar-refractivity contribution in [1.29, 1.82) is 0 Å². The van der Waals surface area contributed by atoms with Crippen LogP contribution in [0.15, 0.2) is 24.3 Å². The molecule has 0 radical (unpaired) electrons. The highest BCUT2D eigenvalue weighted by atomic mass is 16.5. The van der Waals surface area contributed by atoms with Gasteiger partial charge in [-0.25, -0.2) is 4.79 Å². The summed E-state index contributed by atoms with van der Waals surface area (Å²) in [6, 6.07) is 7.21. The first kappa shape index (κ1) is 15.5. The second kappa shape index (κ2) is 6.81. The van der Waals surface area contributed by atoms with Gasteiger partial charge in [-0.05, 0) is 37.0 Å². The molecular weight excluding hydrogens is 296 g/mol. The number of ether oxygens (including phenoxy) is 1. The molecule has 6 heteroatoms. The van der Waals surface area contributed by atoms with Crippen LogP contribution in [-0.4, -0.2) is 41.9 Å². The van der Waals surface area contributed by atoms with Crippen LogP contribution in [0.5, 0.6) is 0 Å². The summed E-state index contributed by atoms with van der Waals surface area (Å²) in [5, 5.41) is 2.76. The van der Waals surface area contributed by atoms with Gasteiger partial charge >= 0.3 is 5.97 Å². The smallest absolute Gasteiger partial charge is 0.338 e. The topological polar surface area (TPSA) is 75.7 Å². The predicted octanol–water partition coefficient (Wildman–Crippen LogP) is 1.24. The van der Waals surface area contributed by atoms with E-state index in [1.807, 2.05) is 17.0 Å². The van der Waals surface area contributed by atoms with Crippen LogP contribution in [0, 0.1) is 0 Å². The van der Waals surface area contributed by atoms with Crippen LogP contribution < -0.4 is 5.32 Å². The molecule has 0 atom stereocenters. The number of carbonyl (C=O) groups excluding carboxylic acids is 3. The Bertz CT molecular complexity index is 608. The van der Waals surface area contributed by atoms with Gasteiger partial charge in [0.15, 0.2) is 6.61 Å². The minimum Gasteiger partial charge on any atom is -0.452 e. The molecule has 2 aliphatic rings. The molecule has 2 fully saturated rings. The second-order valence-electron chi connectivity index (χ2n) is 6.03. The fourth-order valence-electron chi connectivity index (χ4n) is 2.55. The molecule has 122 valence electrons. The number of rotatable bonds is 6. The lowest BCUT2D eigenvalue weighted by molar-refractivity contribution is -0.128. The van der Waals surface area contributed by atoms with E-state index >= 15 is 0 Å². The molecule has 1 N–H and O–H groups in total. The maximum absolute atomic E-state index is 11.9. The van der Waals surface area contributed by atoms with E-state index in [1.54, 1.807) is 12.1 Å². The van der Waals surface area contributed by atoms with Crippen LogP contribution in [0.25, 0.3) is 0 Å². The lowest BCUT2D eigenvalue weighted by atomic mass is 10.1. The number of benzene rings is 1. The van der Waals surface area contributed by atoms with Gasteiger partial charge in [0.2, 0.25) is 5.91 Å². The summed E-state index contributed by atoms with van der Waals surface area (Å²) in [6.45, 7) is 1.11. The standard InChI is InChI=1S/C17H20N2O4/c20-15(18-14-7-8-14)11-23-17(22)13-5-3-12(4-6-13)10-19-9-1-2-16(19)21/h3-6,14H,1-2,7-11H2,(H,18,20). The molecule has 1 aliphatic heterocycles. The van der Waals surface area contributed by atoms with E-state index in [2.05, 4.69) is 5.32 Å². The molecule has 0 bridgehead atoms. The number of hydrogen-bond acceptors (Lipinski definition) is 4. The van der Waals surface area contributed by atoms with E-state index in [-0.39, 0.29) is 24.5 Å². The van der Waals surface area contributed by atoms with Gasteiger partial charge < -0.3 is 15.0 Å². The first-order chi connectivity index (χ1) is 11.1. The van der Waals surface area contributed by atoms with Crippen molar-refractivity contribution in [3.63, 3.8) is 0 Å². The molecule has 0 spiro atoms. The van der Waals surface area contributed by atoms with Crippen molar-refractivity contribution in [2.75, 3.05) is 13.2 Å². The zero-order chi connectivity index (χ0) is 16.2. The number of nitrogens with one attached hydrogen (secondary N) is 1. The van der Waals surface area contributed by atoms with Crippen molar-refractivity contribution in [1.82, 2.24) is 10.2 Å². The molecule has 3 rings (SSSR count). The molecule has 1 heterocycles. The molecule has 1 saturated carbocycles. The maximum Gasteiger partial charge on any atom is 0.338 e. The van der Waals surface area contributed by atoms with Gasteiger partial charge in [0, 0.05) is 25.6 Å². The van der Waals surface area contributed by atoms with Gasteiger partial charge in [-0.15, -0.1) is 0 Å². The van der Waals surface area contributed by atoms with Crippen molar-refractivity contribution in [2.45, 2.75) is 38.3 Å². The van der Waals surface area contributed by atoms with Crippen LogP contribution in [0.1, 0.15) is 41.6 Å².